The number of rotatable bonds is 3. The van der Waals surface area contributed by atoms with Gasteiger partial charge >= 0.3 is 0 Å². The summed E-state index contributed by atoms with van der Waals surface area (Å²) in [6.07, 6.45) is 0. The van der Waals surface area contributed by atoms with Gasteiger partial charge in [-0.25, -0.2) is 8.42 Å². The molecule has 42 heavy (non-hydrogen) atoms. The molecule has 2 aliphatic rings. The number of benzene rings is 6. The van der Waals surface area contributed by atoms with Crippen LogP contribution < -0.4 is 9.64 Å². The maximum atomic E-state index is 13.8. The summed E-state index contributed by atoms with van der Waals surface area (Å²) in [5.41, 5.74) is 6.68. The van der Waals surface area contributed by atoms with E-state index >= 15 is 0 Å². The van der Waals surface area contributed by atoms with Crippen LogP contribution in [-0.4, -0.2) is 8.42 Å². The zero-order chi connectivity index (χ0) is 28.3. The number of anilines is 3. The van der Waals surface area contributed by atoms with Crippen LogP contribution in [0.1, 0.15) is 22.3 Å². The Morgan fingerprint density at radius 1 is 0.500 bits per heavy atom. The second-order valence-corrected chi connectivity index (χ2v) is 12.4. The Balaban J connectivity index is 1.42. The third-order valence-electron chi connectivity index (χ3n) is 8.35. The Labute approximate surface area is 245 Å². The molecule has 8 rings (SSSR count). The molecular formula is C37H25NO3S. The maximum Gasteiger partial charge on any atom is 0.214 e. The minimum absolute atomic E-state index is 0.164. The van der Waals surface area contributed by atoms with E-state index in [1.807, 2.05) is 30.3 Å². The highest BCUT2D eigenvalue weighted by molar-refractivity contribution is 7.91. The summed E-state index contributed by atoms with van der Waals surface area (Å²) in [6.45, 7) is 0. The van der Waals surface area contributed by atoms with Crippen LogP contribution >= 0.6 is 0 Å². The third kappa shape index (κ3) is 3.37. The van der Waals surface area contributed by atoms with E-state index in [2.05, 4.69) is 89.8 Å². The lowest BCUT2D eigenvalue weighted by Crippen LogP contribution is -2.37. The zero-order valence-corrected chi connectivity index (χ0v) is 23.3. The molecule has 0 aromatic heterocycles. The lowest BCUT2D eigenvalue weighted by Gasteiger charge is -2.46. The van der Waals surface area contributed by atoms with Crippen LogP contribution in [0, 0.1) is 0 Å². The first kappa shape index (κ1) is 24.6. The lowest BCUT2D eigenvalue weighted by molar-refractivity contribution is 0.443. The fourth-order valence-electron chi connectivity index (χ4n) is 6.61. The van der Waals surface area contributed by atoms with Crippen molar-refractivity contribution in [2.24, 2.45) is 0 Å². The molecule has 0 N–H and O–H groups in total. The van der Waals surface area contributed by atoms with Crippen LogP contribution in [-0.2, 0) is 15.3 Å². The van der Waals surface area contributed by atoms with Crippen LogP contribution in [0.15, 0.2) is 161 Å². The predicted octanol–water partition coefficient (Wildman–Crippen LogP) is 8.79. The smallest absolute Gasteiger partial charge is 0.214 e. The van der Waals surface area contributed by atoms with E-state index in [-0.39, 0.29) is 9.79 Å². The van der Waals surface area contributed by atoms with Gasteiger partial charge in [0.05, 0.1) is 16.8 Å². The number of sulfone groups is 1. The average molecular weight is 564 g/mol. The number of fused-ring (bicyclic) bond motifs is 4. The summed E-state index contributed by atoms with van der Waals surface area (Å²) in [6, 6.07) is 50.3. The van der Waals surface area contributed by atoms with Gasteiger partial charge in [0.25, 0.3) is 0 Å². The quantitative estimate of drug-likeness (QED) is 0.216. The van der Waals surface area contributed by atoms with E-state index in [0.717, 1.165) is 39.3 Å². The van der Waals surface area contributed by atoms with E-state index in [1.165, 1.54) is 0 Å². The molecule has 6 aromatic rings. The summed E-state index contributed by atoms with van der Waals surface area (Å²) in [5.74, 6) is 0.681. The van der Waals surface area contributed by atoms with E-state index < -0.39 is 15.3 Å². The highest BCUT2D eigenvalue weighted by Gasteiger charge is 2.46. The molecule has 0 radical (unpaired) electrons. The molecule has 202 valence electrons. The summed E-state index contributed by atoms with van der Waals surface area (Å²) in [5, 5.41) is 0. The normalized spacial score (nSPS) is 15.4. The molecule has 0 fully saturated rings. The van der Waals surface area contributed by atoms with Gasteiger partial charge < -0.3 is 9.64 Å². The van der Waals surface area contributed by atoms with Crippen molar-refractivity contribution < 1.29 is 13.2 Å². The van der Waals surface area contributed by atoms with Crippen LogP contribution in [0.25, 0.3) is 0 Å². The minimum Gasteiger partial charge on any atom is -0.455 e. The summed E-state index contributed by atoms with van der Waals surface area (Å²) in [7, 11) is -3.78. The van der Waals surface area contributed by atoms with Gasteiger partial charge in [0.2, 0.25) is 9.84 Å². The molecule has 0 unspecified atom stereocenters. The zero-order valence-electron chi connectivity index (χ0n) is 22.5. The summed E-state index contributed by atoms with van der Waals surface area (Å²) >= 11 is 0. The highest BCUT2D eigenvalue weighted by Crippen LogP contribution is 2.58. The van der Waals surface area contributed by atoms with Crippen LogP contribution in [0.2, 0.25) is 0 Å². The molecule has 4 nitrogen and oxygen atoms in total. The van der Waals surface area contributed by atoms with Crippen molar-refractivity contribution in [2.75, 3.05) is 4.90 Å². The highest BCUT2D eigenvalue weighted by atomic mass is 32.2. The summed E-state index contributed by atoms with van der Waals surface area (Å²) < 4.78 is 33.6. The molecule has 2 heterocycles. The van der Waals surface area contributed by atoms with Crippen LogP contribution in [0.4, 0.5) is 17.1 Å². The van der Waals surface area contributed by atoms with Gasteiger partial charge in [0, 0.05) is 5.69 Å². The number of nitrogens with zero attached hydrogens (tertiary/aromatic N) is 1. The van der Waals surface area contributed by atoms with Gasteiger partial charge in [-0.3, -0.25) is 0 Å². The van der Waals surface area contributed by atoms with Crippen LogP contribution in [0.5, 0.6) is 11.5 Å². The fraction of sp³-hybridized carbons (Fsp3) is 0.0270. The molecule has 5 heteroatoms. The number of hydrogen-bond donors (Lipinski definition) is 0. The van der Waals surface area contributed by atoms with Crippen molar-refractivity contribution in [3.05, 3.63) is 174 Å². The molecule has 0 aliphatic carbocycles. The topological polar surface area (TPSA) is 46.6 Å². The monoisotopic (exact) mass is 563 g/mol. The Kier molecular flexibility index (Phi) is 5.40. The second-order valence-electron chi connectivity index (χ2n) is 10.5. The number of hydrogen-bond acceptors (Lipinski definition) is 4. The molecule has 2 aliphatic heterocycles. The van der Waals surface area contributed by atoms with E-state index in [0.29, 0.717) is 11.5 Å². The third-order valence-corrected chi connectivity index (χ3v) is 10.2. The van der Waals surface area contributed by atoms with Crippen molar-refractivity contribution in [1.29, 1.82) is 0 Å². The van der Waals surface area contributed by atoms with Gasteiger partial charge in [-0.05, 0) is 64.7 Å². The molecular weight excluding hydrogens is 538 g/mol. The molecule has 0 amide bonds. The van der Waals surface area contributed by atoms with Crippen molar-refractivity contribution in [1.82, 2.24) is 0 Å². The first-order chi connectivity index (χ1) is 20.6. The molecule has 0 spiro atoms. The Bertz CT molecular complexity index is 2000. The molecule has 0 saturated carbocycles. The predicted molar refractivity (Wildman–Crippen MR) is 165 cm³/mol. The Morgan fingerprint density at radius 3 is 1.62 bits per heavy atom. The first-order valence-electron chi connectivity index (χ1n) is 13.9. The number of para-hydroxylation sites is 3. The average Bonchev–Trinajstić information content (AvgIpc) is 3.04. The van der Waals surface area contributed by atoms with Crippen LogP contribution in [0.3, 0.4) is 0 Å². The maximum absolute atomic E-state index is 13.8. The van der Waals surface area contributed by atoms with Crippen molar-refractivity contribution in [2.45, 2.75) is 15.2 Å². The molecule has 6 aromatic carbocycles. The molecule has 0 saturated heterocycles. The first-order valence-corrected chi connectivity index (χ1v) is 15.3. The van der Waals surface area contributed by atoms with Crippen molar-refractivity contribution in [3.63, 3.8) is 0 Å². The second kappa shape index (κ2) is 9.20. The van der Waals surface area contributed by atoms with Crippen molar-refractivity contribution in [3.8, 4) is 11.5 Å². The SMILES string of the molecule is O=S1(=O)c2ccccc2Oc2ccc(N3c4ccccc4C(c4ccccc4)(c4ccccc4)c4ccccc43)cc21. The Morgan fingerprint density at radius 2 is 1.00 bits per heavy atom. The minimum atomic E-state index is -3.78. The van der Waals surface area contributed by atoms with E-state index in [4.69, 9.17) is 4.74 Å². The standard InChI is InChI=1S/C37H25NO3S/c39-42(40)35-22-12-11-21-33(35)41-34-24-23-28(25-36(34)42)38-31-19-9-7-17-29(31)37(26-13-3-1-4-14-26,27-15-5-2-6-16-27)30-18-8-10-20-32(30)38/h1-25H. The summed E-state index contributed by atoms with van der Waals surface area (Å²) in [4.78, 5) is 2.52. The van der Waals surface area contributed by atoms with Gasteiger partial charge in [-0.2, -0.15) is 0 Å². The lowest BCUT2D eigenvalue weighted by atomic mass is 9.62. The fourth-order valence-corrected chi connectivity index (χ4v) is 8.13. The van der Waals surface area contributed by atoms with E-state index in [9.17, 15) is 8.42 Å². The largest absolute Gasteiger partial charge is 0.455 e. The van der Waals surface area contributed by atoms with E-state index in [1.54, 1.807) is 36.4 Å². The molecule has 0 atom stereocenters. The van der Waals surface area contributed by atoms with Gasteiger partial charge in [-0.1, -0.05) is 109 Å². The van der Waals surface area contributed by atoms with Gasteiger partial charge in [0.1, 0.15) is 21.3 Å². The number of ether oxygens (including phenoxy) is 1. The van der Waals surface area contributed by atoms with Crippen molar-refractivity contribution >= 4 is 26.9 Å². The van der Waals surface area contributed by atoms with Gasteiger partial charge in [0.15, 0.2) is 0 Å². The Hall–Kier alpha value is -5.13. The molecule has 0 bridgehead atoms. The van der Waals surface area contributed by atoms with Gasteiger partial charge in [-0.15, -0.1) is 0 Å².